The summed E-state index contributed by atoms with van der Waals surface area (Å²) in [6, 6.07) is 8.53. The van der Waals surface area contributed by atoms with E-state index in [1.54, 1.807) is 13.8 Å². The number of anilines is 2. The molecular weight excluding hydrogens is 395 g/mol. The molecule has 2 N–H and O–H groups in total. The number of hydrogen-bond acceptors (Lipinski definition) is 5. The molecule has 0 aliphatic carbocycles. The van der Waals surface area contributed by atoms with Gasteiger partial charge in [-0.2, -0.15) is 0 Å². The van der Waals surface area contributed by atoms with Crippen LogP contribution in [-0.4, -0.2) is 29.7 Å². The topological polar surface area (TPSA) is 102 Å². The number of halogens is 1. The van der Waals surface area contributed by atoms with E-state index in [2.05, 4.69) is 9.44 Å². The van der Waals surface area contributed by atoms with Crippen molar-refractivity contribution >= 4 is 31.4 Å². The van der Waals surface area contributed by atoms with Gasteiger partial charge in [-0.1, -0.05) is 13.8 Å². The van der Waals surface area contributed by atoms with Gasteiger partial charge in [-0.3, -0.25) is 9.44 Å². The van der Waals surface area contributed by atoms with Crippen molar-refractivity contribution in [3.05, 3.63) is 48.3 Å². The van der Waals surface area contributed by atoms with E-state index in [1.165, 1.54) is 25.3 Å². The van der Waals surface area contributed by atoms with Gasteiger partial charge in [0.25, 0.3) is 10.0 Å². The van der Waals surface area contributed by atoms with Gasteiger partial charge in [0.2, 0.25) is 10.0 Å². The van der Waals surface area contributed by atoms with Crippen LogP contribution in [-0.2, 0) is 20.0 Å². The van der Waals surface area contributed by atoms with Crippen LogP contribution in [0.25, 0.3) is 0 Å². The lowest BCUT2D eigenvalue weighted by atomic mass is 10.2. The van der Waals surface area contributed by atoms with Crippen LogP contribution < -0.4 is 14.2 Å². The summed E-state index contributed by atoms with van der Waals surface area (Å²) in [5.41, 5.74) is 0.236. The van der Waals surface area contributed by atoms with Crippen molar-refractivity contribution in [2.45, 2.75) is 18.7 Å². The van der Waals surface area contributed by atoms with Crippen molar-refractivity contribution in [2.75, 3.05) is 22.3 Å². The molecule has 0 amide bonds. The Hall–Kier alpha value is -2.33. The summed E-state index contributed by atoms with van der Waals surface area (Å²) in [6.07, 6.45) is 0. The zero-order valence-electron chi connectivity index (χ0n) is 15.1. The zero-order valence-corrected chi connectivity index (χ0v) is 16.7. The molecule has 0 spiro atoms. The van der Waals surface area contributed by atoms with Crippen LogP contribution in [0, 0.1) is 11.7 Å². The quantitative estimate of drug-likeness (QED) is 0.689. The van der Waals surface area contributed by atoms with Gasteiger partial charge in [0.05, 0.1) is 29.1 Å². The molecule has 27 heavy (non-hydrogen) atoms. The van der Waals surface area contributed by atoms with Crippen LogP contribution in [0.15, 0.2) is 47.4 Å². The molecule has 0 aliphatic rings. The Morgan fingerprint density at radius 3 is 2.19 bits per heavy atom. The molecule has 0 unspecified atom stereocenters. The number of ether oxygens (including phenoxy) is 1. The van der Waals surface area contributed by atoms with E-state index < -0.39 is 25.9 Å². The average Bonchev–Trinajstić information content (AvgIpc) is 2.53. The molecule has 2 aromatic carbocycles. The van der Waals surface area contributed by atoms with Gasteiger partial charge in [0.15, 0.2) is 0 Å². The number of sulfonamides is 2. The minimum atomic E-state index is -4.02. The predicted octanol–water partition coefficient (Wildman–Crippen LogP) is 3.03. The lowest BCUT2D eigenvalue weighted by Crippen LogP contribution is -2.20. The van der Waals surface area contributed by atoms with Crippen molar-refractivity contribution < 1.29 is 26.0 Å². The summed E-state index contributed by atoms with van der Waals surface area (Å²) < 4.78 is 72.1. The van der Waals surface area contributed by atoms with Crippen LogP contribution in [0.4, 0.5) is 15.8 Å². The van der Waals surface area contributed by atoms with Gasteiger partial charge >= 0.3 is 0 Å². The normalized spacial score (nSPS) is 12.0. The molecule has 0 aromatic heterocycles. The summed E-state index contributed by atoms with van der Waals surface area (Å²) in [6.45, 7) is 3.55. The molecule has 0 aliphatic heterocycles. The van der Waals surface area contributed by atoms with Crippen molar-refractivity contribution in [3.63, 3.8) is 0 Å². The second kappa shape index (κ2) is 8.13. The smallest absolute Gasteiger partial charge is 0.262 e. The van der Waals surface area contributed by atoms with Crippen LogP contribution >= 0.6 is 0 Å². The molecule has 0 bridgehead atoms. The highest BCUT2D eigenvalue weighted by atomic mass is 32.2. The zero-order chi connectivity index (χ0) is 20.2. The number of hydrogen-bond donors (Lipinski definition) is 2. The van der Waals surface area contributed by atoms with E-state index in [0.717, 1.165) is 24.3 Å². The maximum Gasteiger partial charge on any atom is 0.262 e. The first-order valence-corrected chi connectivity index (χ1v) is 11.1. The SMILES string of the molecule is COc1ccc(NS(=O)(=O)CC(C)C)cc1NS(=O)(=O)c1ccc(F)cc1. The Morgan fingerprint density at radius 1 is 1.00 bits per heavy atom. The highest BCUT2D eigenvalue weighted by Crippen LogP contribution is 2.30. The molecule has 0 fully saturated rings. The monoisotopic (exact) mass is 416 g/mol. The number of benzene rings is 2. The number of methoxy groups -OCH3 is 1. The fourth-order valence-corrected chi connectivity index (χ4v) is 4.84. The van der Waals surface area contributed by atoms with Crippen LogP contribution in [0.5, 0.6) is 5.75 Å². The van der Waals surface area contributed by atoms with Gasteiger partial charge in [-0.05, 0) is 48.4 Å². The maximum absolute atomic E-state index is 13.0. The van der Waals surface area contributed by atoms with E-state index in [9.17, 15) is 21.2 Å². The fourth-order valence-electron chi connectivity index (χ4n) is 2.33. The molecule has 0 saturated heterocycles. The largest absolute Gasteiger partial charge is 0.495 e. The Labute approximate surface area is 158 Å². The summed E-state index contributed by atoms with van der Waals surface area (Å²) in [5, 5.41) is 0. The maximum atomic E-state index is 13.0. The van der Waals surface area contributed by atoms with Crippen molar-refractivity contribution in [2.24, 2.45) is 5.92 Å². The first-order chi connectivity index (χ1) is 12.5. The van der Waals surface area contributed by atoms with Gasteiger partial charge < -0.3 is 4.74 Å². The van der Waals surface area contributed by atoms with E-state index in [4.69, 9.17) is 4.74 Å². The Balaban J connectivity index is 2.34. The number of rotatable bonds is 8. The Bertz CT molecular complexity index is 1000. The standard InChI is InChI=1S/C17H21FN2O5S2/c1-12(2)11-26(21,22)19-14-6-9-17(25-3)16(10-14)20-27(23,24)15-7-4-13(18)5-8-15/h4-10,12,19-20H,11H2,1-3H3. The third kappa shape index (κ3) is 5.83. The lowest BCUT2D eigenvalue weighted by Gasteiger charge is -2.15. The Morgan fingerprint density at radius 2 is 1.63 bits per heavy atom. The first-order valence-electron chi connectivity index (χ1n) is 7.99. The summed E-state index contributed by atoms with van der Waals surface area (Å²) in [4.78, 5) is -0.142. The number of nitrogens with one attached hydrogen (secondary N) is 2. The van der Waals surface area contributed by atoms with Crippen LogP contribution in [0.2, 0.25) is 0 Å². The molecule has 10 heteroatoms. The predicted molar refractivity (Wildman–Crippen MR) is 102 cm³/mol. The summed E-state index contributed by atoms with van der Waals surface area (Å²) >= 11 is 0. The molecule has 2 aromatic rings. The van der Waals surface area contributed by atoms with E-state index in [1.807, 2.05) is 0 Å². The first kappa shape index (κ1) is 21.0. The molecular formula is C17H21FN2O5S2. The summed E-state index contributed by atoms with van der Waals surface area (Å²) in [7, 11) is -6.24. The highest BCUT2D eigenvalue weighted by molar-refractivity contribution is 7.93. The lowest BCUT2D eigenvalue weighted by molar-refractivity contribution is 0.417. The van der Waals surface area contributed by atoms with E-state index in [0.29, 0.717) is 0 Å². The molecule has 2 rings (SSSR count). The third-order valence-corrected chi connectivity index (χ3v) is 6.43. The average molecular weight is 416 g/mol. The summed E-state index contributed by atoms with van der Waals surface area (Å²) in [5.74, 6) is -0.506. The molecule has 148 valence electrons. The third-order valence-electron chi connectivity index (χ3n) is 3.39. The van der Waals surface area contributed by atoms with Crippen molar-refractivity contribution in [1.82, 2.24) is 0 Å². The fraction of sp³-hybridized carbons (Fsp3) is 0.294. The molecule has 0 radical (unpaired) electrons. The molecule has 0 heterocycles. The molecule has 7 nitrogen and oxygen atoms in total. The van der Waals surface area contributed by atoms with E-state index >= 15 is 0 Å². The van der Waals surface area contributed by atoms with Crippen LogP contribution in [0.1, 0.15) is 13.8 Å². The molecule has 0 atom stereocenters. The van der Waals surface area contributed by atoms with Gasteiger partial charge in [-0.25, -0.2) is 21.2 Å². The second-order valence-corrected chi connectivity index (χ2v) is 9.70. The minimum absolute atomic E-state index is 0.0478. The van der Waals surface area contributed by atoms with Crippen molar-refractivity contribution in [1.29, 1.82) is 0 Å². The second-order valence-electron chi connectivity index (χ2n) is 6.25. The highest BCUT2D eigenvalue weighted by Gasteiger charge is 2.19. The molecule has 0 saturated carbocycles. The van der Waals surface area contributed by atoms with Gasteiger partial charge in [-0.15, -0.1) is 0 Å². The minimum Gasteiger partial charge on any atom is -0.495 e. The Kier molecular flexibility index (Phi) is 6.32. The van der Waals surface area contributed by atoms with Crippen molar-refractivity contribution in [3.8, 4) is 5.75 Å². The van der Waals surface area contributed by atoms with Gasteiger partial charge in [0.1, 0.15) is 11.6 Å². The van der Waals surface area contributed by atoms with E-state index in [-0.39, 0.29) is 33.7 Å². The van der Waals surface area contributed by atoms with Gasteiger partial charge in [0, 0.05) is 0 Å². The van der Waals surface area contributed by atoms with Crippen LogP contribution in [0.3, 0.4) is 0 Å².